The standard InChI is InChI=1S/C13H21FN4/c1-17-7-8-18(2)12(9-17)13(16-15)10-3-5-11(14)6-4-10/h3-6,12-13,16H,7-9,15H2,1-2H3. The number of hydrogen-bond donors (Lipinski definition) is 2. The van der Waals surface area contributed by atoms with E-state index in [1.165, 1.54) is 12.1 Å². The normalized spacial score (nSPS) is 24.1. The van der Waals surface area contributed by atoms with E-state index in [4.69, 9.17) is 5.84 Å². The van der Waals surface area contributed by atoms with Crippen LogP contribution in [0.2, 0.25) is 0 Å². The second kappa shape index (κ2) is 5.75. The van der Waals surface area contributed by atoms with Crippen LogP contribution in [0.5, 0.6) is 0 Å². The molecule has 2 unspecified atom stereocenters. The third-order valence-corrected chi connectivity index (χ3v) is 3.69. The maximum atomic E-state index is 13.0. The molecule has 1 saturated heterocycles. The molecule has 1 aromatic carbocycles. The van der Waals surface area contributed by atoms with Gasteiger partial charge in [-0.05, 0) is 31.8 Å². The molecule has 3 N–H and O–H groups in total. The fourth-order valence-corrected chi connectivity index (χ4v) is 2.50. The smallest absolute Gasteiger partial charge is 0.123 e. The molecule has 0 spiro atoms. The number of hydrazine groups is 1. The summed E-state index contributed by atoms with van der Waals surface area (Å²) in [6.07, 6.45) is 0. The minimum Gasteiger partial charge on any atom is -0.303 e. The van der Waals surface area contributed by atoms with Gasteiger partial charge in [-0.15, -0.1) is 0 Å². The van der Waals surface area contributed by atoms with Crippen molar-refractivity contribution in [1.82, 2.24) is 15.2 Å². The zero-order chi connectivity index (χ0) is 13.1. The van der Waals surface area contributed by atoms with E-state index in [1.54, 1.807) is 12.1 Å². The van der Waals surface area contributed by atoms with Crippen molar-refractivity contribution in [3.63, 3.8) is 0 Å². The van der Waals surface area contributed by atoms with Crippen LogP contribution in [0.25, 0.3) is 0 Å². The van der Waals surface area contributed by atoms with Crippen molar-refractivity contribution < 1.29 is 4.39 Å². The van der Waals surface area contributed by atoms with Gasteiger partial charge in [-0.2, -0.15) is 0 Å². The Balaban J connectivity index is 2.19. The van der Waals surface area contributed by atoms with Gasteiger partial charge in [0.2, 0.25) is 0 Å². The summed E-state index contributed by atoms with van der Waals surface area (Å²) in [7, 11) is 4.21. The van der Waals surface area contributed by atoms with Crippen molar-refractivity contribution in [1.29, 1.82) is 0 Å². The molecule has 2 atom stereocenters. The number of rotatable bonds is 3. The minimum absolute atomic E-state index is 0.0124. The van der Waals surface area contributed by atoms with Gasteiger partial charge in [0.1, 0.15) is 5.82 Å². The molecule has 1 aliphatic rings. The molecular formula is C13H21FN4. The number of hydrogen-bond acceptors (Lipinski definition) is 4. The Morgan fingerprint density at radius 2 is 1.94 bits per heavy atom. The number of nitrogens with zero attached hydrogens (tertiary/aromatic N) is 2. The lowest BCUT2D eigenvalue weighted by molar-refractivity contribution is 0.0876. The highest BCUT2D eigenvalue weighted by Crippen LogP contribution is 2.22. The van der Waals surface area contributed by atoms with Crippen LogP contribution < -0.4 is 11.3 Å². The first-order chi connectivity index (χ1) is 8.61. The van der Waals surface area contributed by atoms with E-state index in [0.29, 0.717) is 6.04 Å². The fourth-order valence-electron chi connectivity index (χ4n) is 2.50. The van der Waals surface area contributed by atoms with E-state index < -0.39 is 0 Å². The summed E-state index contributed by atoms with van der Waals surface area (Å²) in [4.78, 5) is 4.59. The van der Waals surface area contributed by atoms with Gasteiger partial charge in [0.05, 0.1) is 6.04 Å². The van der Waals surface area contributed by atoms with Crippen molar-refractivity contribution in [3.8, 4) is 0 Å². The molecule has 18 heavy (non-hydrogen) atoms. The summed E-state index contributed by atoms with van der Waals surface area (Å²) < 4.78 is 13.0. The van der Waals surface area contributed by atoms with Crippen molar-refractivity contribution >= 4 is 0 Å². The van der Waals surface area contributed by atoms with Gasteiger partial charge in [0.15, 0.2) is 0 Å². The minimum atomic E-state index is -0.219. The van der Waals surface area contributed by atoms with Gasteiger partial charge >= 0.3 is 0 Å². The molecule has 100 valence electrons. The van der Waals surface area contributed by atoms with Gasteiger partial charge in [0, 0.05) is 25.7 Å². The van der Waals surface area contributed by atoms with Crippen LogP contribution in [0.1, 0.15) is 11.6 Å². The number of piperazine rings is 1. The van der Waals surface area contributed by atoms with Crippen LogP contribution in [0.3, 0.4) is 0 Å². The van der Waals surface area contributed by atoms with E-state index in [2.05, 4.69) is 29.3 Å². The number of benzene rings is 1. The van der Waals surface area contributed by atoms with Crippen molar-refractivity contribution in [3.05, 3.63) is 35.6 Å². The van der Waals surface area contributed by atoms with Crippen molar-refractivity contribution in [2.45, 2.75) is 12.1 Å². The third kappa shape index (κ3) is 2.87. The van der Waals surface area contributed by atoms with Gasteiger partial charge < -0.3 is 4.90 Å². The lowest BCUT2D eigenvalue weighted by atomic mass is 9.97. The predicted octanol–water partition coefficient (Wildman–Crippen LogP) is 0.576. The van der Waals surface area contributed by atoms with Crippen LogP contribution in [0.4, 0.5) is 4.39 Å². The third-order valence-electron chi connectivity index (χ3n) is 3.69. The second-order valence-electron chi connectivity index (χ2n) is 5.01. The van der Waals surface area contributed by atoms with E-state index in [0.717, 1.165) is 25.2 Å². The van der Waals surface area contributed by atoms with Gasteiger partial charge in [-0.1, -0.05) is 12.1 Å². The summed E-state index contributed by atoms with van der Waals surface area (Å²) in [5.41, 5.74) is 3.89. The second-order valence-corrected chi connectivity index (χ2v) is 5.01. The Kier molecular flexibility index (Phi) is 4.29. The first-order valence-electron chi connectivity index (χ1n) is 6.22. The Bertz CT molecular complexity index is 381. The first-order valence-corrected chi connectivity index (χ1v) is 6.22. The average Bonchev–Trinajstić information content (AvgIpc) is 2.37. The van der Waals surface area contributed by atoms with Gasteiger partial charge in [0.25, 0.3) is 0 Å². The number of nitrogens with one attached hydrogen (secondary N) is 1. The van der Waals surface area contributed by atoms with Crippen LogP contribution >= 0.6 is 0 Å². The Morgan fingerprint density at radius 1 is 1.28 bits per heavy atom. The maximum Gasteiger partial charge on any atom is 0.123 e. The Hall–Kier alpha value is -1.01. The van der Waals surface area contributed by atoms with Crippen molar-refractivity contribution in [2.24, 2.45) is 5.84 Å². The first kappa shape index (κ1) is 13.4. The average molecular weight is 252 g/mol. The summed E-state index contributed by atoms with van der Waals surface area (Å²) >= 11 is 0. The largest absolute Gasteiger partial charge is 0.303 e. The summed E-state index contributed by atoms with van der Waals surface area (Å²) in [5.74, 6) is 5.47. The molecule has 1 aromatic rings. The number of halogens is 1. The van der Waals surface area contributed by atoms with Gasteiger partial charge in [-0.3, -0.25) is 16.2 Å². The predicted molar refractivity (Wildman–Crippen MR) is 70.4 cm³/mol. The molecule has 0 aliphatic carbocycles. The molecule has 1 heterocycles. The molecule has 0 aromatic heterocycles. The fraction of sp³-hybridized carbons (Fsp3) is 0.538. The number of nitrogens with two attached hydrogens (primary N) is 1. The lowest BCUT2D eigenvalue weighted by Gasteiger charge is -2.41. The highest BCUT2D eigenvalue weighted by atomic mass is 19.1. The molecule has 0 amide bonds. The lowest BCUT2D eigenvalue weighted by Crippen LogP contribution is -2.56. The summed E-state index contributed by atoms with van der Waals surface area (Å²) in [6, 6.07) is 6.85. The molecule has 0 radical (unpaired) electrons. The SMILES string of the molecule is CN1CCN(C)C(C(NN)c2ccc(F)cc2)C1. The quantitative estimate of drug-likeness (QED) is 0.610. The summed E-state index contributed by atoms with van der Waals surface area (Å²) in [6.45, 7) is 3.02. The monoisotopic (exact) mass is 252 g/mol. The Labute approximate surface area is 108 Å². The van der Waals surface area contributed by atoms with Crippen LogP contribution in [0.15, 0.2) is 24.3 Å². The van der Waals surface area contributed by atoms with Crippen LogP contribution in [-0.2, 0) is 0 Å². The zero-order valence-corrected chi connectivity index (χ0v) is 10.9. The molecule has 1 fully saturated rings. The molecule has 5 heteroatoms. The van der Waals surface area contributed by atoms with E-state index in [-0.39, 0.29) is 11.9 Å². The van der Waals surface area contributed by atoms with E-state index >= 15 is 0 Å². The van der Waals surface area contributed by atoms with Crippen molar-refractivity contribution in [2.75, 3.05) is 33.7 Å². The zero-order valence-electron chi connectivity index (χ0n) is 10.9. The Morgan fingerprint density at radius 3 is 2.56 bits per heavy atom. The number of likely N-dealkylation sites (N-methyl/N-ethyl adjacent to an activating group) is 2. The van der Waals surface area contributed by atoms with E-state index in [1.807, 2.05) is 0 Å². The molecule has 4 nitrogen and oxygen atoms in total. The molecule has 2 rings (SSSR count). The maximum absolute atomic E-state index is 13.0. The molecule has 0 bridgehead atoms. The molecular weight excluding hydrogens is 231 g/mol. The summed E-state index contributed by atoms with van der Waals surface area (Å²) in [5, 5.41) is 0. The molecule has 1 aliphatic heterocycles. The topological polar surface area (TPSA) is 44.5 Å². The molecule has 0 saturated carbocycles. The van der Waals surface area contributed by atoms with Gasteiger partial charge in [-0.25, -0.2) is 4.39 Å². The van der Waals surface area contributed by atoms with Crippen LogP contribution in [0, 0.1) is 5.82 Å². The van der Waals surface area contributed by atoms with E-state index in [9.17, 15) is 4.39 Å². The highest BCUT2D eigenvalue weighted by molar-refractivity contribution is 5.22. The van der Waals surface area contributed by atoms with Crippen LogP contribution in [-0.4, -0.2) is 49.6 Å². The highest BCUT2D eigenvalue weighted by Gasteiger charge is 2.30.